The summed E-state index contributed by atoms with van der Waals surface area (Å²) in [4.78, 5) is 50.1. The van der Waals surface area contributed by atoms with Crippen molar-refractivity contribution < 1.29 is 24.3 Å². The van der Waals surface area contributed by atoms with Crippen molar-refractivity contribution in [2.24, 2.45) is 28.1 Å². The Morgan fingerprint density at radius 1 is 0.846 bits per heavy atom. The van der Waals surface area contributed by atoms with Gasteiger partial charge < -0.3 is 27.1 Å². The first-order valence-electron chi connectivity index (χ1n) is 12.4. The lowest BCUT2D eigenvalue weighted by Gasteiger charge is -2.33. The van der Waals surface area contributed by atoms with E-state index in [1.807, 2.05) is 6.07 Å². The topological polar surface area (TPSA) is 183 Å². The highest BCUT2D eigenvalue weighted by molar-refractivity contribution is 6.13. The highest BCUT2D eigenvalue weighted by Crippen LogP contribution is 2.26. The molecule has 3 rings (SSSR count). The fraction of sp³-hybridized carbons (Fsp3) is 0.241. The summed E-state index contributed by atoms with van der Waals surface area (Å²) in [5, 5.41) is 9.47. The minimum absolute atomic E-state index is 0.0285. The lowest BCUT2D eigenvalue weighted by molar-refractivity contribution is -0.165. The molecule has 0 aliphatic carbocycles. The number of phenols is 1. The van der Waals surface area contributed by atoms with Gasteiger partial charge in [0.25, 0.3) is 0 Å². The fourth-order valence-corrected chi connectivity index (χ4v) is 4.15. The van der Waals surface area contributed by atoms with Crippen LogP contribution in [-0.4, -0.2) is 40.7 Å². The van der Waals surface area contributed by atoms with Gasteiger partial charge in [0.2, 0.25) is 0 Å². The van der Waals surface area contributed by atoms with Gasteiger partial charge >= 0.3 is 5.97 Å². The summed E-state index contributed by atoms with van der Waals surface area (Å²) in [6.07, 6.45) is -0.311. The van der Waals surface area contributed by atoms with E-state index in [1.165, 1.54) is 12.1 Å². The van der Waals surface area contributed by atoms with Gasteiger partial charge in [0.15, 0.2) is 17.3 Å². The second-order valence-electron chi connectivity index (χ2n) is 9.11. The average Bonchev–Trinajstić information content (AvgIpc) is 2.92. The van der Waals surface area contributed by atoms with Crippen LogP contribution in [0.4, 0.5) is 0 Å². The van der Waals surface area contributed by atoms with E-state index in [9.17, 15) is 19.5 Å². The second kappa shape index (κ2) is 13.8. The number of benzene rings is 3. The highest BCUT2D eigenvalue weighted by Gasteiger charge is 2.52. The molecule has 0 aromatic heterocycles. The molecule has 204 valence electrons. The third-order valence-electron chi connectivity index (χ3n) is 6.26. The largest absolute Gasteiger partial charge is 0.508 e. The van der Waals surface area contributed by atoms with Gasteiger partial charge in [-0.3, -0.25) is 14.6 Å². The van der Waals surface area contributed by atoms with Crippen molar-refractivity contribution in [1.82, 2.24) is 5.48 Å². The lowest BCUT2D eigenvalue weighted by atomic mass is 9.74. The number of nitrogens with zero attached hydrogens (tertiary/aromatic N) is 1. The summed E-state index contributed by atoms with van der Waals surface area (Å²) < 4.78 is 0. The molecular formula is C29H33N5O5. The summed E-state index contributed by atoms with van der Waals surface area (Å²) in [6.45, 7) is 0.0465. The van der Waals surface area contributed by atoms with Gasteiger partial charge in [-0.05, 0) is 35.2 Å². The zero-order valence-electron chi connectivity index (χ0n) is 21.5. The molecule has 0 aliphatic heterocycles. The van der Waals surface area contributed by atoms with Crippen molar-refractivity contribution in [2.75, 3.05) is 6.54 Å². The molecular weight excluding hydrogens is 498 g/mol. The Bertz CT molecular complexity index is 1280. The smallest absolute Gasteiger partial charge is 0.353 e. The average molecular weight is 532 g/mol. The quantitative estimate of drug-likeness (QED) is 0.0891. The van der Waals surface area contributed by atoms with Crippen LogP contribution in [0.3, 0.4) is 0 Å². The van der Waals surface area contributed by atoms with Crippen LogP contribution in [0.15, 0.2) is 89.9 Å². The molecule has 3 aromatic carbocycles. The Labute approximate surface area is 226 Å². The van der Waals surface area contributed by atoms with Crippen molar-refractivity contribution in [3.05, 3.63) is 102 Å². The normalized spacial score (nSPS) is 13.1. The molecule has 3 aromatic rings. The Hall–Kier alpha value is -4.54. The number of nitrogens with two attached hydrogens (primary N) is 3. The van der Waals surface area contributed by atoms with Crippen LogP contribution in [0.5, 0.6) is 5.75 Å². The fourth-order valence-electron chi connectivity index (χ4n) is 4.15. The van der Waals surface area contributed by atoms with E-state index < -0.39 is 29.0 Å². The number of aromatic hydroxyl groups is 1. The highest BCUT2D eigenvalue weighted by atomic mass is 16.7. The Kier molecular flexibility index (Phi) is 10.3. The van der Waals surface area contributed by atoms with Gasteiger partial charge in [-0.2, -0.15) is 0 Å². The monoisotopic (exact) mass is 531 g/mol. The maximum absolute atomic E-state index is 13.7. The molecule has 0 heterocycles. The van der Waals surface area contributed by atoms with Crippen LogP contribution < -0.4 is 22.7 Å². The number of hydrogen-bond acceptors (Lipinski definition) is 8. The third kappa shape index (κ3) is 8.22. The molecule has 0 amide bonds. The van der Waals surface area contributed by atoms with E-state index >= 15 is 0 Å². The predicted octanol–water partition coefficient (Wildman–Crippen LogP) is 1.54. The van der Waals surface area contributed by atoms with Crippen molar-refractivity contribution >= 4 is 23.5 Å². The Morgan fingerprint density at radius 3 is 1.97 bits per heavy atom. The number of Topliss-reactive ketones (excluding diaryl/α,β-unsaturated/α-hetero) is 2. The first-order chi connectivity index (χ1) is 18.7. The van der Waals surface area contributed by atoms with Crippen LogP contribution in [0.2, 0.25) is 0 Å². The molecule has 10 nitrogen and oxygen atoms in total. The first-order valence-corrected chi connectivity index (χ1v) is 12.4. The molecule has 0 fully saturated rings. The summed E-state index contributed by atoms with van der Waals surface area (Å²) in [5.41, 5.74) is 19.8. The number of phenolic OH excluding ortho intramolecular Hbond substituents is 1. The van der Waals surface area contributed by atoms with Crippen molar-refractivity contribution in [2.45, 2.75) is 31.3 Å². The number of rotatable bonds is 14. The number of carbonyl (C=O) groups excluding carboxylic acids is 3. The van der Waals surface area contributed by atoms with E-state index in [0.717, 1.165) is 0 Å². The molecule has 0 saturated heterocycles. The standard InChI is InChI=1S/C29H33N5O5/c30-28(31)33-16-15-24(25(36)17-20-7-3-1-4-8-20)29(32,26(37)18-21-9-5-2-6-10-21)27(38)39-34-19-22-11-13-23(35)14-12-22/h1-14,24,34-35H,15-19,32H2,(H4,30,31,33)/t24?,29-/m0/s1. The van der Waals surface area contributed by atoms with E-state index in [2.05, 4.69) is 10.5 Å². The van der Waals surface area contributed by atoms with Crippen molar-refractivity contribution in [3.8, 4) is 5.75 Å². The van der Waals surface area contributed by atoms with Crippen molar-refractivity contribution in [3.63, 3.8) is 0 Å². The number of hydroxylamine groups is 1. The summed E-state index contributed by atoms with van der Waals surface area (Å²) in [5.74, 6) is -3.59. The van der Waals surface area contributed by atoms with E-state index in [-0.39, 0.29) is 44.1 Å². The number of hydrogen-bond donors (Lipinski definition) is 5. The van der Waals surface area contributed by atoms with Gasteiger partial charge in [-0.1, -0.05) is 72.8 Å². The molecule has 39 heavy (non-hydrogen) atoms. The SMILES string of the molecule is NC(N)=NCCC(C(=O)Cc1ccccc1)[C@](N)(C(=O)Cc1ccccc1)C(=O)ONCc1ccc(O)cc1. The summed E-state index contributed by atoms with van der Waals surface area (Å²) >= 11 is 0. The van der Waals surface area contributed by atoms with Crippen LogP contribution >= 0.6 is 0 Å². The molecule has 2 atom stereocenters. The van der Waals surface area contributed by atoms with Crippen molar-refractivity contribution in [1.29, 1.82) is 0 Å². The molecule has 1 unspecified atom stereocenters. The number of ketones is 2. The van der Waals surface area contributed by atoms with Gasteiger partial charge in [0.1, 0.15) is 11.5 Å². The summed E-state index contributed by atoms with van der Waals surface area (Å²) in [7, 11) is 0. The molecule has 0 spiro atoms. The van der Waals surface area contributed by atoms with Crippen LogP contribution in [-0.2, 0) is 38.6 Å². The maximum atomic E-state index is 13.7. The number of nitrogens with one attached hydrogen (secondary N) is 1. The molecule has 0 radical (unpaired) electrons. The van der Waals surface area contributed by atoms with Gasteiger partial charge in [-0.25, -0.2) is 4.79 Å². The first kappa shape index (κ1) is 29.0. The Morgan fingerprint density at radius 2 is 1.41 bits per heavy atom. The zero-order valence-corrected chi connectivity index (χ0v) is 21.5. The number of guanidine groups is 1. The Balaban J connectivity index is 1.91. The molecule has 8 N–H and O–H groups in total. The van der Waals surface area contributed by atoms with E-state index in [0.29, 0.717) is 16.7 Å². The van der Waals surface area contributed by atoms with Crippen LogP contribution in [0.1, 0.15) is 23.1 Å². The predicted molar refractivity (Wildman–Crippen MR) is 147 cm³/mol. The molecule has 0 saturated carbocycles. The molecule has 0 aliphatic rings. The second-order valence-corrected chi connectivity index (χ2v) is 9.11. The zero-order chi connectivity index (χ0) is 28.3. The maximum Gasteiger partial charge on any atom is 0.353 e. The van der Waals surface area contributed by atoms with Gasteiger partial charge in [-0.15, -0.1) is 5.48 Å². The van der Waals surface area contributed by atoms with Crippen LogP contribution in [0.25, 0.3) is 0 Å². The number of carbonyl (C=O) groups is 3. The number of aliphatic imine (C=N–C) groups is 1. The van der Waals surface area contributed by atoms with Gasteiger partial charge in [0, 0.05) is 19.4 Å². The lowest BCUT2D eigenvalue weighted by Crippen LogP contribution is -2.64. The summed E-state index contributed by atoms with van der Waals surface area (Å²) in [6, 6.07) is 23.9. The minimum Gasteiger partial charge on any atom is -0.508 e. The minimum atomic E-state index is -2.33. The molecule has 10 heteroatoms. The van der Waals surface area contributed by atoms with Crippen LogP contribution in [0, 0.1) is 5.92 Å². The van der Waals surface area contributed by atoms with Gasteiger partial charge in [0.05, 0.1) is 12.5 Å². The van der Waals surface area contributed by atoms with E-state index in [4.69, 9.17) is 22.0 Å². The van der Waals surface area contributed by atoms with E-state index in [1.54, 1.807) is 66.7 Å². The molecule has 0 bridgehead atoms. The third-order valence-corrected chi connectivity index (χ3v) is 6.26.